The number of allylic oxidation sites excluding steroid dienone is 1. The summed E-state index contributed by atoms with van der Waals surface area (Å²) in [4.78, 5) is 16.6. The third-order valence-electron chi connectivity index (χ3n) is 6.41. The zero-order valence-electron chi connectivity index (χ0n) is 21.6. The van der Waals surface area contributed by atoms with Crippen molar-refractivity contribution in [3.8, 4) is 16.9 Å². The van der Waals surface area contributed by atoms with E-state index in [1.54, 1.807) is 65.2 Å². The first-order chi connectivity index (χ1) is 17.5. The Balaban J connectivity index is 2.11. The van der Waals surface area contributed by atoms with Crippen LogP contribution in [0.25, 0.3) is 27.5 Å². The summed E-state index contributed by atoms with van der Waals surface area (Å²) in [5, 5.41) is 11.2. The molecule has 0 spiro atoms. The van der Waals surface area contributed by atoms with Crippen LogP contribution in [0.1, 0.15) is 62.0 Å². The molecule has 1 aliphatic rings. The number of carboxylic acid groups (broad SMARTS) is 1. The topological polar surface area (TPSA) is 68.1 Å². The number of fused-ring (bicyclic) bond motifs is 2. The number of carboxylic acids is 1. The van der Waals surface area contributed by atoms with Gasteiger partial charge in [0.2, 0.25) is 0 Å². The number of carbonyl (C=O) groups is 1. The lowest BCUT2D eigenvalue weighted by Crippen LogP contribution is -2.28. The first kappa shape index (κ1) is 26.5. The molecule has 3 aromatic carbocycles. The zero-order chi connectivity index (χ0) is 26.9. The molecule has 5 nitrogen and oxygen atoms in total. The Morgan fingerprint density at radius 1 is 1.14 bits per heavy atom. The number of nitrogens with zero attached hydrogens (tertiary/aromatic N) is 1. The van der Waals surface area contributed by atoms with Crippen molar-refractivity contribution in [1.29, 1.82) is 0 Å². The van der Waals surface area contributed by atoms with Gasteiger partial charge in [-0.1, -0.05) is 30.3 Å². The second kappa shape index (κ2) is 10.4. The normalized spacial score (nSPS) is 15.8. The monoisotopic (exact) mass is 507 g/mol. The lowest BCUT2D eigenvalue weighted by atomic mass is 9.83. The molecule has 194 valence electrons. The van der Waals surface area contributed by atoms with E-state index in [0.29, 0.717) is 40.7 Å². The fraction of sp³-hybridized carbons (Fsp3) is 0.333. The number of benzene rings is 3. The van der Waals surface area contributed by atoms with Gasteiger partial charge in [-0.25, -0.2) is 13.6 Å². The zero-order valence-corrected chi connectivity index (χ0v) is 21.6. The molecule has 0 amide bonds. The van der Waals surface area contributed by atoms with Crippen LogP contribution < -0.4 is 4.74 Å². The van der Waals surface area contributed by atoms with Crippen LogP contribution in [0.4, 0.5) is 8.78 Å². The highest BCUT2D eigenvalue weighted by Gasteiger charge is 2.34. The van der Waals surface area contributed by atoms with Crippen LogP contribution in [-0.2, 0) is 9.53 Å². The van der Waals surface area contributed by atoms with Crippen molar-refractivity contribution in [3.63, 3.8) is 0 Å². The van der Waals surface area contributed by atoms with E-state index in [1.807, 2.05) is 24.3 Å². The number of aliphatic imine (C=N–C) groups is 1. The molecule has 1 heterocycles. The molecule has 1 N–H and O–H groups in total. The highest BCUT2D eigenvalue weighted by Crippen LogP contribution is 2.46. The van der Waals surface area contributed by atoms with E-state index in [1.165, 1.54) is 0 Å². The molecule has 1 atom stereocenters. The van der Waals surface area contributed by atoms with E-state index >= 15 is 0 Å². The summed E-state index contributed by atoms with van der Waals surface area (Å²) in [6.07, 6.45) is 0.0905. The molecule has 7 heteroatoms. The van der Waals surface area contributed by atoms with Crippen molar-refractivity contribution in [2.24, 2.45) is 4.99 Å². The molecule has 37 heavy (non-hydrogen) atoms. The molecule has 4 rings (SSSR count). The standard InChI is InChI=1S/C30H31F2NO4/c1-17-24(28(31)32)20-8-6-7-9-21(20)26(25(17)27(29(34)35)37-30(2,3)4)19-10-11-23-22(16-19)18(12-14-33-5)13-15-36-23/h6-12,14,16,27-28H,13,15H2,1-5H3,(H,34,35)/b18-12-,33-14?/t27-/m0/s1. The van der Waals surface area contributed by atoms with Crippen LogP contribution in [0, 0.1) is 6.92 Å². The fourth-order valence-electron chi connectivity index (χ4n) is 4.93. The largest absolute Gasteiger partial charge is 0.493 e. The van der Waals surface area contributed by atoms with Crippen molar-refractivity contribution in [3.05, 3.63) is 70.8 Å². The van der Waals surface area contributed by atoms with Gasteiger partial charge in [-0.15, -0.1) is 0 Å². The number of alkyl halides is 2. The first-order valence-electron chi connectivity index (χ1n) is 12.2. The van der Waals surface area contributed by atoms with Crippen molar-refractivity contribution in [2.75, 3.05) is 13.7 Å². The van der Waals surface area contributed by atoms with Crippen molar-refractivity contribution < 1.29 is 28.2 Å². The molecule has 0 fully saturated rings. The van der Waals surface area contributed by atoms with Gasteiger partial charge in [0, 0.05) is 36.4 Å². The average molecular weight is 508 g/mol. The van der Waals surface area contributed by atoms with Gasteiger partial charge in [0.25, 0.3) is 6.43 Å². The Hall–Kier alpha value is -3.58. The summed E-state index contributed by atoms with van der Waals surface area (Å²) >= 11 is 0. The third-order valence-corrected chi connectivity index (χ3v) is 6.41. The quantitative estimate of drug-likeness (QED) is 0.350. The summed E-state index contributed by atoms with van der Waals surface area (Å²) < 4.78 is 40.8. The van der Waals surface area contributed by atoms with Gasteiger partial charge in [0.05, 0.1) is 12.2 Å². The molecule has 0 bridgehead atoms. The summed E-state index contributed by atoms with van der Waals surface area (Å²) in [5.74, 6) is -0.533. The predicted molar refractivity (Wildman–Crippen MR) is 143 cm³/mol. The number of halogens is 2. The molecule has 0 saturated carbocycles. The van der Waals surface area contributed by atoms with Gasteiger partial charge in [0.15, 0.2) is 6.10 Å². The Kier molecular flexibility index (Phi) is 7.46. The summed E-state index contributed by atoms with van der Waals surface area (Å²) in [5.41, 5.74) is 2.58. The lowest BCUT2D eigenvalue weighted by Gasteiger charge is -2.30. The van der Waals surface area contributed by atoms with Crippen molar-refractivity contribution in [2.45, 2.75) is 52.2 Å². The summed E-state index contributed by atoms with van der Waals surface area (Å²) in [7, 11) is 1.70. The lowest BCUT2D eigenvalue weighted by molar-refractivity contribution is -0.160. The molecule has 0 aliphatic carbocycles. The summed E-state index contributed by atoms with van der Waals surface area (Å²) in [6, 6.07) is 12.5. The molecule has 0 radical (unpaired) electrons. The molecule has 0 aromatic heterocycles. The second-order valence-electron chi connectivity index (χ2n) is 10.0. The number of hydrogen-bond donors (Lipinski definition) is 1. The number of aliphatic carboxylic acids is 1. The van der Waals surface area contributed by atoms with Crippen LogP contribution in [0.2, 0.25) is 0 Å². The molecule has 0 unspecified atom stereocenters. The Bertz CT molecular complexity index is 1400. The summed E-state index contributed by atoms with van der Waals surface area (Å²) in [6.45, 7) is 7.33. The van der Waals surface area contributed by atoms with Gasteiger partial charge >= 0.3 is 5.97 Å². The average Bonchev–Trinajstić information content (AvgIpc) is 2.84. The van der Waals surface area contributed by atoms with E-state index in [-0.39, 0.29) is 16.7 Å². The van der Waals surface area contributed by atoms with E-state index in [0.717, 1.165) is 11.1 Å². The maximum absolute atomic E-state index is 14.4. The SMILES string of the molecule is CN=C/C=C1/CCOc2ccc(-c3c([C@H](OC(C)(C)C)C(=O)O)c(C)c(C(F)F)c4ccccc34)cc21. The second-order valence-corrected chi connectivity index (χ2v) is 10.0. The molecular weight excluding hydrogens is 476 g/mol. The minimum absolute atomic E-state index is 0.181. The van der Waals surface area contributed by atoms with E-state index in [2.05, 4.69) is 4.99 Å². The van der Waals surface area contributed by atoms with Gasteiger partial charge in [0.1, 0.15) is 5.75 Å². The van der Waals surface area contributed by atoms with Crippen LogP contribution in [0.3, 0.4) is 0 Å². The Morgan fingerprint density at radius 3 is 2.46 bits per heavy atom. The fourth-order valence-corrected chi connectivity index (χ4v) is 4.93. The minimum Gasteiger partial charge on any atom is -0.493 e. The molecule has 0 saturated heterocycles. The highest BCUT2D eigenvalue weighted by atomic mass is 19.3. The molecule has 1 aliphatic heterocycles. The van der Waals surface area contributed by atoms with Crippen LogP contribution in [0.5, 0.6) is 5.75 Å². The van der Waals surface area contributed by atoms with Crippen molar-refractivity contribution >= 4 is 28.5 Å². The first-order valence-corrected chi connectivity index (χ1v) is 12.2. The van der Waals surface area contributed by atoms with Gasteiger partial charge in [-0.2, -0.15) is 0 Å². The Morgan fingerprint density at radius 2 is 1.84 bits per heavy atom. The van der Waals surface area contributed by atoms with Gasteiger partial charge < -0.3 is 14.6 Å². The maximum atomic E-state index is 14.4. The maximum Gasteiger partial charge on any atom is 0.337 e. The van der Waals surface area contributed by atoms with Crippen LogP contribution in [-0.4, -0.2) is 36.5 Å². The number of rotatable bonds is 6. The predicted octanol–water partition coefficient (Wildman–Crippen LogP) is 7.56. The smallest absolute Gasteiger partial charge is 0.337 e. The van der Waals surface area contributed by atoms with Crippen LogP contribution in [0.15, 0.2) is 53.5 Å². The molecule has 3 aromatic rings. The highest BCUT2D eigenvalue weighted by molar-refractivity contribution is 6.03. The van der Waals surface area contributed by atoms with Gasteiger partial charge in [-0.3, -0.25) is 4.99 Å². The van der Waals surface area contributed by atoms with E-state index in [9.17, 15) is 18.7 Å². The molecular formula is C30H31F2NO4. The Labute approximate surface area is 215 Å². The van der Waals surface area contributed by atoms with E-state index < -0.39 is 24.1 Å². The van der Waals surface area contributed by atoms with Gasteiger partial charge in [-0.05, 0) is 78.9 Å². The van der Waals surface area contributed by atoms with E-state index in [4.69, 9.17) is 9.47 Å². The minimum atomic E-state index is -2.79. The third kappa shape index (κ3) is 5.27. The number of ether oxygens (including phenoxy) is 2. The van der Waals surface area contributed by atoms with Crippen molar-refractivity contribution in [1.82, 2.24) is 0 Å². The number of hydrogen-bond acceptors (Lipinski definition) is 4. The van der Waals surface area contributed by atoms with Crippen LogP contribution >= 0.6 is 0 Å².